The van der Waals surface area contributed by atoms with Crippen LogP contribution in [0.4, 0.5) is 0 Å². The fourth-order valence-electron chi connectivity index (χ4n) is 1.25. The number of benzene rings is 1. The molecule has 0 spiro atoms. The average Bonchev–Trinajstić information content (AvgIpc) is 2.27. The van der Waals surface area contributed by atoms with E-state index in [1.54, 1.807) is 19.1 Å². The van der Waals surface area contributed by atoms with E-state index >= 15 is 0 Å². The van der Waals surface area contributed by atoms with Crippen LogP contribution in [-0.4, -0.2) is 30.1 Å². The van der Waals surface area contributed by atoms with Gasteiger partial charge in [0.1, 0.15) is 0 Å². The summed E-state index contributed by atoms with van der Waals surface area (Å²) >= 11 is 0. The lowest BCUT2D eigenvalue weighted by atomic mass is 10.1. The highest BCUT2D eigenvalue weighted by Gasteiger charge is 2.10. The molecule has 17 heavy (non-hydrogen) atoms. The summed E-state index contributed by atoms with van der Waals surface area (Å²) in [5.41, 5.74) is 0.496. The van der Waals surface area contributed by atoms with Crippen LogP contribution in [0.1, 0.15) is 24.2 Å². The van der Waals surface area contributed by atoms with Crippen molar-refractivity contribution in [3.63, 3.8) is 0 Å². The van der Waals surface area contributed by atoms with Gasteiger partial charge in [-0.05, 0) is 32.0 Å². The number of carboxylic acids is 1. The van der Waals surface area contributed by atoms with Crippen molar-refractivity contribution in [2.24, 2.45) is 0 Å². The standard InChI is InChI=1S/C12H14O5/c1-3-16-11-6-9(8(2)13)4-5-10(11)17-7-12(14)15/h4-6H,3,7H2,1-2H3,(H,14,15). The highest BCUT2D eigenvalue weighted by molar-refractivity contribution is 5.94. The Morgan fingerprint density at radius 2 is 1.94 bits per heavy atom. The molecule has 5 nitrogen and oxygen atoms in total. The quantitative estimate of drug-likeness (QED) is 0.764. The summed E-state index contributed by atoms with van der Waals surface area (Å²) < 4.78 is 10.3. The first-order valence-electron chi connectivity index (χ1n) is 5.17. The van der Waals surface area contributed by atoms with Crippen molar-refractivity contribution in [3.8, 4) is 11.5 Å². The van der Waals surface area contributed by atoms with E-state index in [0.717, 1.165) is 0 Å². The Labute approximate surface area is 99.0 Å². The highest BCUT2D eigenvalue weighted by Crippen LogP contribution is 2.28. The minimum atomic E-state index is -1.07. The van der Waals surface area contributed by atoms with E-state index in [-0.39, 0.29) is 5.78 Å². The van der Waals surface area contributed by atoms with Crippen LogP contribution in [0.25, 0.3) is 0 Å². The Morgan fingerprint density at radius 1 is 1.24 bits per heavy atom. The molecule has 1 aromatic rings. The molecule has 0 atom stereocenters. The third-order valence-corrected chi connectivity index (χ3v) is 2.00. The predicted molar refractivity (Wildman–Crippen MR) is 60.7 cm³/mol. The number of aliphatic carboxylic acids is 1. The van der Waals surface area contributed by atoms with Gasteiger partial charge in [0.15, 0.2) is 23.9 Å². The normalized spacial score (nSPS) is 9.76. The van der Waals surface area contributed by atoms with Crippen molar-refractivity contribution in [2.45, 2.75) is 13.8 Å². The third-order valence-electron chi connectivity index (χ3n) is 2.00. The summed E-state index contributed by atoms with van der Waals surface area (Å²) in [5.74, 6) is -0.459. The zero-order chi connectivity index (χ0) is 12.8. The SMILES string of the molecule is CCOc1cc(C(C)=O)ccc1OCC(=O)O. The number of ketones is 1. The van der Waals surface area contributed by atoms with E-state index in [1.165, 1.54) is 13.0 Å². The zero-order valence-electron chi connectivity index (χ0n) is 9.73. The van der Waals surface area contributed by atoms with Crippen molar-refractivity contribution in [3.05, 3.63) is 23.8 Å². The number of Topliss-reactive ketones (excluding diaryl/α,β-unsaturated/α-hetero) is 1. The summed E-state index contributed by atoms with van der Waals surface area (Å²) in [5, 5.41) is 8.52. The maximum Gasteiger partial charge on any atom is 0.341 e. The molecule has 1 rings (SSSR count). The van der Waals surface area contributed by atoms with Crippen LogP contribution < -0.4 is 9.47 Å². The lowest BCUT2D eigenvalue weighted by Gasteiger charge is -2.11. The molecule has 0 saturated carbocycles. The fourth-order valence-corrected chi connectivity index (χ4v) is 1.25. The van der Waals surface area contributed by atoms with Crippen LogP contribution in [0.15, 0.2) is 18.2 Å². The van der Waals surface area contributed by atoms with Gasteiger partial charge in [-0.3, -0.25) is 4.79 Å². The van der Waals surface area contributed by atoms with Crippen LogP contribution in [0, 0.1) is 0 Å². The number of carbonyl (C=O) groups is 2. The summed E-state index contributed by atoms with van der Waals surface area (Å²) in [6, 6.07) is 4.65. The summed E-state index contributed by atoms with van der Waals surface area (Å²) in [7, 11) is 0. The molecule has 0 amide bonds. The Morgan fingerprint density at radius 3 is 2.47 bits per heavy atom. The van der Waals surface area contributed by atoms with Gasteiger partial charge in [0.25, 0.3) is 0 Å². The van der Waals surface area contributed by atoms with Crippen molar-refractivity contribution >= 4 is 11.8 Å². The first kappa shape index (κ1) is 13.0. The van der Waals surface area contributed by atoms with Gasteiger partial charge in [0.05, 0.1) is 6.61 Å². The van der Waals surface area contributed by atoms with Crippen LogP contribution >= 0.6 is 0 Å². The minimum Gasteiger partial charge on any atom is -0.490 e. The van der Waals surface area contributed by atoms with E-state index in [1.807, 2.05) is 0 Å². The minimum absolute atomic E-state index is 0.0873. The summed E-state index contributed by atoms with van der Waals surface area (Å²) in [4.78, 5) is 21.6. The molecule has 0 radical (unpaired) electrons. The van der Waals surface area contributed by atoms with Crippen molar-refractivity contribution in [1.29, 1.82) is 0 Å². The number of rotatable bonds is 6. The highest BCUT2D eigenvalue weighted by atomic mass is 16.5. The van der Waals surface area contributed by atoms with E-state index in [0.29, 0.717) is 23.7 Å². The maximum atomic E-state index is 11.2. The van der Waals surface area contributed by atoms with E-state index in [2.05, 4.69) is 0 Å². The summed E-state index contributed by atoms with van der Waals surface area (Å²) in [6.45, 7) is 3.20. The molecule has 0 fully saturated rings. The zero-order valence-corrected chi connectivity index (χ0v) is 9.73. The Balaban J connectivity index is 2.95. The van der Waals surface area contributed by atoms with Crippen molar-refractivity contribution in [2.75, 3.05) is 13.2 Å². The van der Waals surface area contributed by atoms with Crippen molar-refractivity contribution in [1.82, 2.24) is 0 Å². The maximum absolute atomic E-state index is 11.2. The molecule has 92 valence electrons. The molecule has 0 saturated heterocycles. The van der Waals surface area contributed by atoms with E-state index < -0.39 is 12.6 Å². The van der Waals surface area contributed by atoms with Crippen LogP contribution in [-0.2, 0) is 4.79 Å². The second-order valence-corrected chi connectivity index (χ2v) is 3.33. The van der Waals surface area contributed by atoms with Gasteiger partial charge in [0.2, 0.25) is 0 Å². The number of carbonyl (C=O) groups excluding carboxylic acids is 1. The summed E-state index contributed by atoms with van der Waals surface area (Å²) in [6.07, 6.45) is 0. The Bertz CT molecular complexity index is 425. The molecule has 0 heterocycles. The molecule has 0 bridgehead atoms. The van der Waals surface area contributed by atoms with Gasteiger partial charge in [-0.2, -0.15) is 0 Å². The Hall–Kier alpha value is -2.04. The molecule has 1 aromatic carbocycles. The van der Waals surface area contributed by atoms with Crippen LogP contribution in [0.3, 0.4) is 0 Å². The topological polar surface area (TPSA) is 72.8 Å². The van der Waals surface area contributed by atoms with E-state index in [4.69, 9.17) is 14.6 Å². The second-order valence-electron chi connectivity index (χ2n) is 3.33. The predicted octanol–water partition coefficient (Wildman–Crippen LogP) is 1.75. The molecule has 0 aromatic heterocycles. The van der Waals surface area contributed by atoms with Gasteiger partial charge in [-0.1, -0.05) is 0 Å². The van der Waals surface area contributed by atoms with Crippen LogP contribution in [0.2, 0.25) is 0 Å². The van der Waals surface area contributed by atoms with Crippen LogP contribution in [0.5, 0.6) is 11.5 Å². The molecule has 0 unspecified atom stereocenters. The smallest absolute Gasteiger partial charge is 0.341 e. The largest absolute Gasteiger partial charge is 0.490 e. The lowest BCUT2D eigenvalue weighted by molar-refractivity contribution is -0.139. The number of carboxylic acid groups (broad SMARTS) is 1. The molecule has 0 aliphatic rings. The fraction of sp³-hybridized carbons (Fsp3) is 0.333. The second kappa shape index (κ2) is 5.89. The average molecular weight is 238 g/mol. The van der Waals surface area contributed by atoms with Crippen molar-refractivity contribution < 1.29 is 24.2 Å². The van der Waals surface area contributed by atoms with Gasteiger partial charge in [-0.25, -0.2) is 4.79 Å². The third kappa shape index (κ3) is 3.79. The molecule has 0 aliphatic carbocycles. The number of ether oxygens (including phenoxy) is 2. The Kier molecular flexibility index (Phi) is 4.51. The monoisotopic (exact) mass is 238 g/mol. The van der Waals surface area contributed by atoms with E-state index in [9.17, 15) is 9.59 Å². The molecule has 0 aliphatic heterocycles. The van der Waals surface area contributed by atoms with Gasteiger partial charge < -0.3 is 14.6 Å². The van der Waals surface area contributed by atoms with Gasteiger partial charge in [0, 0.05) is 5.56 Å². The van der Waals surface area contributed by atoms with Gasteiger partial charge >= 0.3 is 5.97 Å². The first-order chi connectivity index (χ1) is 8.04. The molecular weight excluding hydrogens is 224 g/mol. The lowest BCUT2D eigenvalue weighted by Crippen LogP contribution is -2.10. The molecular formula is C12H14O5. The molecule has 1 N–H and O–H groups in total. The number of hydrogen-bond donors (Lipinski definition) is 1. The molecule has 5 heteroatoms. The first-order valence-corrected chi connectivity index (χ1v) is 5.17. The number of hydrogen-bond acceptors (Lipinski definition) is 4. The van der Waals surface area contributed by atoms with Gasteiger partial charge in [-0.15, -0.1) is 0 Å².